The van der Waals surface area contributed by atoms with Gasteiger partial charge in [0.05, 0.1) is 6.04 Å². The minimum atomic E-state index is -0.557. The molecule has 0 saturated heterocycles. The van der Waals surface area contributed by atoms with Crippen LogP contribution >= 0.6 is 0 Å². The van der Waals surface area contributed by atoms with Crippen LogP contribution in [0.25, 0.3) is 0 Å². The molecule has 1 aliphatic carbocycles. The molecule has 1 aromatic carbocycles. The number of anilines is 1. The summed E-state index contributed by atoms with van der Waals surface area (Å²) in [6.07, 6.45) is 5.84. The molecule has 5 nitrogen and oxygen atoms in total. The molecular weight excluding hydrogens is 278 g/mol. The number of carbonyl (C=O) groups excluding carboxylic acids is 2. The number of amides is 2. The van der Waals surface area contributed by atoms with Crippen LogP contribution in [0.1, 0.15) is 49.4 Å². The highest BCUT2D eigenvalue weighted by atomic mass is 16.2. The van der Waals surface area contributed by atoms with E-state index in [1.807, 2.05) is 11.9 Å². The molecule has 0 radical (unpaired) electrons. The molecule has 0 unspecified atom stereocenters. The first-order valence-corrected chi connectivity index (χ1v) is 7.92. The van der Waals surface area contributed by atoms with E-state index >= 15 is 0 Å². The van der Waals surface area contributed by atoms with Gasteiger partial charge in [-0.3, -0.25) is 9.59 Å². The second-order valence-corrected chi connectivity index (χ2v) is 6.06. The van der Waals surface area contributed by atoms with Crippen molar-refractivity contribution in [2.24, 2.45) is 5.73 Å². The molecule has 0 spiro atoms. The minimum absolute atomic E-state index is 0.0389. The molecule has 22 heavy (non-hydrogen) atoms. The maximum atomic E-state index is 12.5. The molecule has 1 saturated carbocycles. The number of nitrogens with one attached hydrogen (secondary N) is 1. The SMILES string of the molecule is C[C@H](N)C(=O)Nc1ccc(C(=O)N(C)C2CCCCC2)cc1. The summed E-state index contributed by atoms with van der Waals surface area (Å²) in [6, 6.07) is 6.76. The normalized spacial score (nSPS) is 16.9. The summed E-state index contributed by atoms with van der Waals surface area (Å²) < 4.78 is 0. The second-order valence-electron chi connectivity index (χ2n) is 6.06. The lowest BCUT2D eigenvalue weighted by atomic mass is 9.94. The summed E-state index contributed by atoms with van der Waals surface area (Å²) in [6.45, 7) is 1.63. The molecule has 2 rings (SSSR count). The standard InChI is InChI=1S/C17H25N3O2/c1-12(18)16(21)19-14-10-8-13(9-11-14)17(22)20(2)15-6-4-3-5-7-15/h8-12,15H,3-7,18H2,1-2H3,(H,19,21)/t12-/m0/s1. The van der Waals surface area contributed by atoms with Crippen molar-refractivity contribution in [1.82, 2.24) is 4.90 Å². The molecule has 0 aliphatic heterocycles. The van der Waals surface area contributed by atoms with Crippen LogP contribution in [-0.4, -0.2) is 35.8 Å². The highest BCUT2D eigenvalue weighted by Gasteiger charge is 2.22. The smallest absolute Gasteiger partial charge is 0.253 e. The molecule has 1 aliphatic rings. The number of carbonyl (C=O) groups is 2. The van der Waals surface area contributed by atoms with Crippen LogP contribution in [0.15, 0.2) is 24.3 Å². The van der Waals surface area contributed by atoms with Gasteiger partial charge in [-0.15, -0.1) is 0 Å². The molecule has 0 bridgehead atoms. The Labute approximate surface area is 131 Å². The molecule has 2 amide bonds. The second kappa shape index (κ2) is 7.40. The molecule has 3 N–H and O–H groups in total. The Morgan fingerprint density at radius 2 is 1.77 bits per heavy atom. The quantitative estimate of drug-likeness (QED) is 0.896. The van der Waals surface area contributed by atoms with E-state index in [0.717, 1.165) is 12.8 Å². The van der Waals surface area contributed by atoms with Crippen molar-refractivity contribution >= 4 is 17.5 Å². The number of hydrogen-bond acceptors (Lipinski definition) is 3. The Bertz CT molecular complexity index is 519. The number of rotatable bonds is 4. The van der Waals surface area contributed by atoms with Gasteiger partial charge in [0.15, 0.2) is 0 Å². The van der Waals surface area contributed by atoms with Crippen LogP contribution in [0.3, 0.4) is 0 Å². The average Bonchev–Trinajstić information content (AvgIpc) is 2.55. The Morgan fingerprint density at radius 1 is 1.18 bits per heavy atom. The zero-order valence-electron chi connectivity index (χ0n) is 13.3. The number of benzene rings is 1. The summed E-state index contributed by atoms with van der Waals surface area (Å²) in [5.74, 6) is -0.199. The summed E-state index contributed by atoms with van der Waals surface area (Å²) in [4.78, 5) is 25.9. The lowest BCUT2D eigenvalue weighted by Gasteiger charge is -2.31. The summed E-state index contributed by atoms with van der Waals surface area (Å²) in [5.41, 5.74) is 6.81. The zero-order chi connectivity index (χ0) is 16.1. The largest absolute Gasteiger partial charge is 0.339 e. The number of hydrogen-bond donors (Lipinski definition) is 2. The first kappa shape index (κ1) is 16.5. The fraction of sp³-hybridized carbons (Fsp3) is 0.529. The molecular formula is C17H25N3O2. The molecule has 0 aromatic heterocycles. The fourth-order valence-electron chi connectivity index (χ4n) is 2.79. The van der Waals surface area contributed by atoms with E-state index in [4.69, 9.17) is 5.73 Å². The van der Waals surface area contributed by atoms with E-state index in [1.165, 1.54) is 19.3 Å². The Balaban J connectivity index is 1.99. The van der Waals surface area contributed by atoms with Gasteiger partial charge in [-0.1, -0.05) is 19.3 Å². The van der Waals surface area contributed by atoms with Gasteiger partial charge in [-0.25, -0.2) is 0 Å². The van der Waals surface area contributed by atoms with Crippen molar-refractivity contribution in [2.45, 2.75) is 51.1 Å². The van der Waals surface area contributed by atoms with Crippen molar-refractivity contribution in [3.05, 3.63) is 29.8 Å². The van der Waals surface area contributed by atoms with E-state index in [0.29, 0.717) is 17.3 Å². The van der Waals surface area contributed by atoms with Gasteiger partial charge in [0.25, 0.3) is 5.91 Å². The number of nitrogens with zero attached hydrogens (tertiary/aromatic N) is 1. The van der Waals surface area contributed by atoms with Crippen molar-refractivity contribution < 1.29 is 9.59 Å². The van der Waals surface area contributed by atoms with Crippen molar-refractivity contribution in [3.8, 4) is 0 Å². The van der Waals surface area contributed by atoms with Crippen LogP contribution in [0.5, 0.6) is 0 Å². The van der Waals surface area contributed by atoms with E-state index in [9.17, 15) is 9.59 Å². The third kappa shape index (κ3) is 4.07. The first-order valence-electron chi connectivity index (χ1n) is 7.92. The van der Waals surface area contributed by atoms with E-state index in [2.05, 4.69) is 5.32 Å². The lowest BCUT2D eigenvalue weighted by Crippen LogP contribution is -2.38. The third-order valence-corrected chi connectivity index (χ3v) is 4.26. The predicted octanol–water partition coefficient (Wildman–Crippen LogP) is 2.38. The summed E-state index contributed by atoms with van der Waals surface area (Å²) >= 11 is 0. The Morgan fingerprint density at radius 3 is 2.32 bits per heavy atom. The predicted molar refractivity (Wildman–Crippen MR) is 87.7 cm³/mol. The maximum Gasteiger partial charge on any atom is 0.253 e. The van der Waals surface area contributed by atoms with Crippen molar-refractivity contribution in [1.29, 1.82) is 0 Å². The molecule has 5 heteroatoms. The average molecular weight is 303 g/mol. The van der Waals surface area contributed by atoms with Gasteiger partial charge in [0.1, 0.15) is 0 Å². The Hall–Kier alpha value is -1.88. The van der Waals surface area contributed by atoms with Gasteiger partial charge in [-0.2, -0.15) is 0 Å². The molecule has 1 aromatic rings. The van der Waals surface area contributed by atoms with Gasteiger partial charge in [0, 0.05) is 24.3 Å². The molecule has 1 atom stereocenters. The maximum absolute atomic E-state index is 12.5. The fourth-order valence-corrected chi connectivity index (χ4v) is 2.79. The van der Waals surface area contributed by atoms with E-state index in [-0.39, 0.29) is 11.8 Å². The number of nitrogens with two attached hydrogens (primary N) is 1. The highest BCUT2D eigenvalue weighted by molar-refractivity contribution is 5.97. The van der Waals surface area contributed by atoms with Crippen molar-refractivity contribution in [3.63, 3.8) is 0 Å². The highest BCUT2D eigenvalue weighted by Crippen LogP contribution is 2.23. The van der Waals surface area contributed by atoms with Crippen LogP contribution in [0, 0.1) is 0 Å². The first-order chi connectivity index (χ1) is 10.5. The summed E-state index contributed by atoms with van der Waals surface area (Å²) in [5, 5.41) is 2.71. The van der Waals surface area contributed by atoms with E-state index in [1.54, 1.807) is 31.2 Å². The van der Waals surface area contributed by atoms with Gasteiger partial charge < -0.3 is 16.0 Å². The topological polar surface area (TPSA) is 75.4 Å². The van der Waals surface area contributed by atoms with Crippen LogP contribution in [-0.2, 0) is 4.79 Å². The van der Waals surface area contributed by atoms with Gasteiger partial charge in [-0.05, 0) is 44.0 Å². The van der Waals surface area contributed by atoms with E-state index < -0.39 is 6.04 Å². The van der Waals surface area contributed by atoms with Crippen LogP contribution in [0.4, 0.5) is 5.69 Å². The Kier molecular flexibility index (Phi) is 5.55. The van der Waals surface area contributed by atoms with Crippen LogP contribution in [0.2, 0.25) is 0 Å². The summed E-state index contributed by atoms with van der Waals surface area (Å²) in [7, 11) is 1.88. The minimum Gasteiger partial charge on any atom is -0.339 e. The molecule has 1 fully saturated rings. The monoisotopic (exact) mass is 303 g/mol. The van der Waals surface area contributed by atoms with Gasteiger partial charge in [0.2, 0.25) is 5.91 Å². The zero-order valence-corrected chi connectivity index (χ0v) is 13.3. The van der Waals surface area contributed by atoms with Crippen molar-refractivity contribution in [2.75, 3.05) is 12.4 Å². The molecule has 120 valence electrons. The lowest BCUT2D eigenvalue weighted by molar-refractivity contribution is -0.117. The van der Waals surface area contributed by atoms with Crippen LogP contribution < -0.4 is 11.1 Å². The van der Waals surface area contributed by atoms with Gasteiger partial charge >= 0.3 is 0 Å². The molecule has 0 heterocycles. The third-order valence-electron chi connectivity index (χ3n) is 4.26.